The van der Waals surface area contributed by atoms with Crippen molar-refractivity contribution in [2.24, 2.45) is 0 Å². The monoisotopic (exact) mass is 286 g/mol. The number of carboxylic acids is 1. The summed E-state index contributed by atoms with van der Waals surface area (Å²) in [6, 6.07) is 17.8. The van der Waals surface area contributed by atoms with Crippen LogP contribution in [-0.4, -0.2) is 17.7 Å². The first-order valence-electron chi connectivity index (χ1n) is 7.07. The van der Waals surface area contributed by atoms with Crippen molar-refractivity contribution in [2.45, 2.75) is 26.7 Å². The van der Waals surface area contributed by atoms with Crippen LogP contribution in [0.4, 0.5) is 0 Å². The van der Waals surface area contributed by atoms with Crippen LogP contribution in [-0.2, 0) is 11.2 Å². The molecular formula is C18H22O3. The van der Waals surface area contributed by atoms with E-state index >= 15 is 0 Å². The highest BCUT2D eigenvalue weighted by Gasteiger charge is 2.03. The highest BCUT2D eigenvalue weighted by Crippen LogP contribution is 2.18. The second-order valence-electron chi connectivity index (χ2n) is 4.57. The summed E-state index contributed by atoms with van der Waals surface area (Å²) < 4.78 is 5.35. The van der Waals surface area contributed by atoms with Gasteiger partial charge in [0.05, 0.1) is 6.61 Å². The van der Waals surface area contributed by atoms with Gasteiger partial charge in [0.1, 0.15) is 5.75 Å². The van der Waals surface area contributed by atoms with Crippen molar-refractivity contribution in [2.75, 3.05) is 6.61 Å². The number of aryl methyl sites for hydroxylation is 2. The molecule has 0 fully saturated rings. The van der Waals surface area contributed by atoms with Crippen molar-refractivity contribution in [1.82, 2.24) is 0 Å². The summed E-state index contributed by atoms with van der Waals surface area (Å²) in [5.41, 5.74) is 2.16. The van der Waals surface area contributed by atoms with E-state index in [4.69, 9.17) is 9.84 Å². The van der Waals surface area contributed by atoms with Crippen LogP contribution in [0.1, 0.15) is 24.5 Å². The van der Waals surface area contributed by atoms with Gasteiger partial charge in [0, 0.05) is 6.42 Å². The average Bonchev–Trinajstić information content (AvgIpc) is 2.49. The molecule has 0 aliphatic rings. The van der Waals surface area contributed by atoms with Crippen LogP contribution in [0.15, 0.2) is 54.6 Å². The first-order valence-corrected chi connectivity index (χ1v) is 7.07. The second-order valence-corrected chi connectivity index (χ2v) is 4.57. The van der Waals surface area contributed by atoms with Gasteiger partial charge in [0.2, 0.25) is 0 Å². The zero-order valence-electron chi connectivity index (χ0n) is 12.6. The molecule has 2 rings (SSSR count). The largest absolute Gasteiger partial charge is 0.494 e. The van der Waals surface area contributed by atoms with Crippen LogP contribution < -0.4 is 4.74 Å². The topological polar surface area (TPSA) is 46.5 Å². The van der Waals surface area contributed by atoms with E-state index in [0.717, 1.165) is 16.9 Å². The lowest BCUT2D eigenvalue weighted by atomic mass is 10.0. The van der Waals surface area contributed by atoms with Gasteiger partial charge in [-0.1, -0.05) is 42.5 Å². The van der Waals surface area contributed by atoms with Crippen LogP contribution in [0.3, 0.4) is 0 Å². The first-order chi connectivity index (χ1) is 10.1. The predicted octanol–water partition coefficient (Wildman–Crippen LogP) is 4.10. The lowest BCUT2D eigenvalue weighted by molar-refractivity contribution is -0.136. The summed E-state index contributed by atoms with van der Waals surface area (Å²) in [5, 5.41) is 8.58. The summed E-state index contributed by atoms with van der Waals surface area (Å²) in [6.07, 6.45) is 0.752. The minimum Gasteiger partial charge on any atom is -0.494 e. The third kappa shape index (κ3) is 7.16. The molecule has 0 saturated carbocycles. The molecule has 0 unspecified atom stereocenters. The number of rotatable bonds is 5. The molecule has 1 N–H and O–H groups in total. The average molecular weight is 286 g/mol. The van der Waals surface area contributed by atoms with Gasteiger partial charge in [-0.25, -0.2) is 0 Å². The number of carboxylic acid groups (broad SMARTS) is 1. The molecule has 3 heteroatoms. The van der Waals surface area contributed by atoms with E-state index in [1.54, 1.807) is 0 Å². The van der Waals surface area contributed by atoms with E-state index in [-0.39, 0.29) is 6.42 Å². The molecule has 3 nitrogen and oxygen atoms in total. The zero-order chi connectivity index (χ0) is 15.5. The third-order valence-electron chi connectivity index (χ3n) is 2.90. The number of hydrogen-bond acceptors (Lipinski definition) is 2. The Bertz CT molecular complexity index is 509. The molecule has 0 saturated heterocycles. The van der Waals surface area contributed by atoms with Crippen LogP contribution >= 0.6 is 0 Å². The van der Waals surface area contributed by atoms with Gasteiger partial charge in [-0.15, -0.1) is 0 Å². The van der Waals surface area contributed by atoms with Crippen LogP contribution in [0.2, 0.25) is 0 Å². The highest BCUT2D eigenvalue weighted by molar-refractivity contribution is 5.67. The Morgan fingerprint density at radius 2 is 1.67 bits per heavy atom. The SMILES string of the molecule is CCOc1ccc(CCC(=O)O)c(C)c1.c1ccccc1. The Kier molecular flexibility index (Phi) is 7.65. The van der Waals surface area contributed by atoms with Gasteiger partial charge in [-0.05, 0) is 43.5 Å². The van der Waals surface area contributed by atoms with E-state index in [2.05, 4.69) is 0 Å². The number of benzene rings is 2. The number of carbonyl (C=O) groups is 1. The summed E-state index contributed by atoms with van der Waals surface area (Å²) in [4.78, 5) is 10.4. The molecule has 0 aromatic heterocycles. The maximum atomic E-state index is 10.4. The van der Waals surface area contributed by atoms with E-state index in [1.165, 1.54) is 0 Å². The minimum atomic E-state index is -0.761. The van der Waals surface area contributed by atoms with Gasteiger partial charge < -0.3 is 9.84 Å². The van der Waals surface area contributed by atoms with Gasteiger partial charge in [0.25, 0.3) is 0 Å². The summed E-state index contributed by atoms with van der Waals surface area (Å²) in [7, 11) is 0. The van der Waals surface area contributed by atoms with E-state index in [9.17, 15) is 4.79 Å². The van der Waals surface area contributed by atoms with Crippen molar-refractivity contribution >= 4 is 5.97 Å². The molecule has 2 aromatic rings. The van der Waals surface area contributed by atoms with Gasteiger partial charge in [-0.2, -0.15) is 0 Å². The van der Waals surface area contributed by atoms with E-state index in [0.29, 0.717) is 13.0 Å². The van der Waals surface area contributed by atoms with Crippen LogP contribution in [0, 0.1) is 6.92 Å². The van der Waals surface area contributed by atoms with Crippen molar-refractivity contribution in [1.29, 1.82) is 0 Å². The lowest BCUT2D eigenvalue weighted by Crippen LogP contribution is -1.99. The molecule has 0 aliphatic carbocycles. The smallest absolute Gasteiger partial charge is 0.303 e. The summed E-state index contributed by atoms with van der Waals surface area (Å²) >= 11 is 0. The lowest BCUT2D eigenvalue weighted by Gasteiger charge is -2.08. The van der Waals surface area contributed by atoms with E-state index < -0.39 is 5.97 Å². The quantitative estimate of drug-likeness (QED) is 0.900. The van der Waals surface area contributed by atoms with Crippen LogP contribution in [0.25, 0.3) is 0 Å². The normalized spacial score (nSPS) is 9.43. The molecule has 0 radical (unpaired) electrons. The maximum Gasteiger partial charge on any atom is 0.303 e. The molecule has 0 heterocycles. The number of ether oxygens (including phenoxy) is 1. The Morgan fingerprint density at radius 1 is 1.10 bits per heavy atom. The Hall–Kier alpha value is -2.29. The Morgan fingerprint density at radius 3 is 2.10 bits per heavy atom. The highest BCUT2D eigenvalue weighted by atomic mass is 16.5. The van der Waals surface area contributed by atoms with Crippen LogP contribution in [0.5, 0.6) is 5.75 Å². The fourth-order valence-electron chi connectivity index (χ4n) is 1.83. The first kappa shape index (κ1) is 16.8. The Labute approximate surface area is 126 Å². The summed E-state index contributed by atoms with van der Waals surface area (Å²) in [5.74, 6) is 0.0809. The van der Waals surface area contributed by atoms with Gasteiger partial charge >= 0.3 is 5.97 Å². The molecule has 2 aromatic carbocycles. The fourth-order valence-corrected chi connectivity index (χ4v) is 1.83. The van der Waals surface area contributed by atoms with Gasteiger partial charge in [-0.3, -0.25) is 4.79 Å². The fraction of sp³-hybridized carbons (Fsp3) is 0.278. The second kappa shape index (κ2) is 9.59. The number of aliphatic carboxylic acids is 1. The van der Waals surface area contributed by atoms with Crippen molar-refractivity contribution < 1.29 is 14.6 Å². The standard InChI is InChI=1S/C12H16O3.C6H6/c1-3-15-11-6-4-10(9(2)8-11)5-7-12(13)14;1-2-4-6-5-3-1/h4,6,8H,3,5,7H2,1-2H3,(H,13,14);1-6H. The predicted molar refractivity (Wildman–Crippen MR) is 84.7 cm³/mol. The molecule has 0 bridgehead atoms. The zero-order valence-corrected chi connectivity index (χ0v) is 12.6. The maximum absolute atomic E-state index is 10.4. The van der Waals surface area contributed by atoms with Crippen molar-refractivity contribution in [3.8, 4) is 5.75 Å². The van der Waals surface area contributed by atoms with E-state index in [1.807, 2.05) is 68.4 Å². The molecule has 0 amide bonds. The molecular weight excluding hydrogens is 264 g/mol. The van der Waals surface area contributed by atoms with Crippen molar-refractivity contribution in [3.63, 3.8) is 0 Å². The van der Waals surface area contributed by atoms with Crippen molar-refractivity contribution in [3.05, 3.63) is 65.7 Å². The molecule has 0 aliphatic heterocycles. The van der Waals surface area contributed by atoms with Gasteiger partial charge in [0.15, 0.2) is 0 Å². The third-order valence-corrected chi connectivity index (χ3v) is 2.90. The molecule has 0 atom stereocenters. The molecule has 21 heavy (non-hydrogen) atoms. The molecule has 112 valence electrons. The Balaban J connectivity index is 0.000000304. The molecule has 0 spiro atoms. The number of hydrogen-bond donors (Lipinski definition) is 1. The summed E-state index contributed by atoms with van der Waals surface area (Å²) in [6.45, 7) is 4.56. The minimum absolute atomic E-state index is 0.175.